The number of benzene rings is 3. The van der Waals surface area contributed by atoms with Gasteiger partial charge in [-0.15, -0.1) is 0 Å². The maximum atomic E-state index is 15.0. The Morgan fingerprint density at radius 1 is 0.978 bits per heavy atom. The maximum Gasteiger partial charge on any atom is 0.416 e. The van der Waals surface area contributed by atoms with Crippen LogP contribution in [0.3, 0.4) is 0 Å². The zero-order valence-electron chi connectivity index (χ0n) is 25.4. The third-order valence-electron chi connectivity index (χ3n) is 9.00. The number of piperidine rings is 1. The standard InChI is InChI=1S/C34H36F4N4O3S/c1-46(43,44)26-10-5-7-24(17-26)18-40-15-13-33(14-16-40)29-20-41(21-31(39)25-8-3-2-4-9-25)23-42(32(29)22-45-33)19-27-28(34(36,37)38)11-6-12-30(27)35/h2-12,17,20,22,31H,13-16,18-19,21,23,39H2,1H3/t31-/m0/s1. The predicted molar refractivity (Wildman–Crippen MR) is 166 cm³/mol. The second-order valence-corrected chi connectivity index (χ2v) is 14.3. The number of nitrogens with two attached hydrogens (primary N) is 1. The molecule has 0 unspecified atom stereocenters. The van der Waals surface area contributed by atoms with Crippen molar-refractivity contribution in [2.45, 2.75) is 48.6 Å². The zero-order valence-corrected chi connectivity index (χ0v) is 26.2. The molecule has 12 heteroatoms. The molecule has 0 bridgehead atoms. The van der Waals surface area contributed by atoms with Gasteiger partial charge < -0.3 is 20.3 Å². The summed E-state index contributed by atoms with van der Waals surface area (Å²) in [5, 5.41) is 0. The van der Waals surface area contributed by atoms with Gasteiger partial charge in [0.05, 0.1) is 22.8 Å². The van der Waals surface area contributed by atoms with Gasteiger partial charge in [-0.2, -0.15) is 13.2 Å². The lowest BCUT2D eigenvalue weighted by Gasteiger charge is -2.44. The Morgan fingerprint density at radius 3 is 2.39 bits per heavy atom. The molecule has 3 aromatic carbocycles. The Kier molecular flexibility index (Phi) is 8.64. The molecule has 0 aliphatic carbocycles. The lowest BCUT2D eigenvalue weighted by Crippen LogP contribution is -2.49. The Morgan fingerprint density at radius 2 is 1.70 bits per heavy atom. The van der Waals surface area contributed by atoms with E-state index < -0.39 is 38.6 Å². The van der Waals surface area contributed by atoms with Crippen molar-refractivity contribution in [2.75, 3.05) is 32.6 Å². The van der Waals surface area contributed by atoms with Gasteiger partial charge in [-0.1, -0.05) is 48.5 Å². The number of ether oxygens (including phenoxy) is 1. The highest BCUT2D eigenvalue weighted by atomic mass is 32.2. The summed E-state index contributed by atoms with van der Waals surface area (Å²) < 4.78 is 87.3. The van der Waals surface area contributed by atoms with E-state index in [1.54, 1.807) is 29.4 Å². The van der Waals surface area contributed by atoms with E-state index in [2.05, 4.69) is 4.90 Å². The normalized spacial score (nSPS) is 19.0. The average Bonchev–Trinajstić information content (AvgIpc) is 3.36. The van der Waals surface area contributed by atoms with Crippen LogP contribution in [0.1, 0.15) is 41.1 Å². The molecule has 0 radical (unpaired) electrons. The van der Waals surface area contributed by atoms with Gasteiger partial charge in [0.25, 0.3) is 0 Å². The van der Waals surface area contributed by atoms with Crippen molar-refractivity contribution in [3.05, 3.63) is 125 Å². The largest absolute Gasteiger partial charge is 0.488 e. The van der Waals surface area contributed by atoms with Crippen LogP contribution in [0.4, 0.5) is 17.6 Å². The summed E-state index contributed by atoms with van der Waals surface area (Å²) in [5.74, 6) is -0.916. The third-order valence-corrected chi connectivity index (χ3v) is 10.1. The first kappa shape index (κ1) is 32.1. The van der Waals surface area contributed by atoms with Gasteiger partial charge >= 0.3 is 6.18 Å². The summed E-state index contributed by atoms with van der Waals surface area (Å²) in [6.45, 7) is 2.15. The molecule has 1 atom stereocenters. The zero-order chi connectivity index (χ0) is 32.7. The number of alkyl halides is 3. The predicted octanol–water partition coefficient (Wildman–Crippen LogP) is 5.81. The number of likely N-dealkylation sites (tertiary alicyclic amines) is 1. The van der Waals surface area contributed by atoms with Crippen LogP contribution in [0.15, 0.2) is 101 Å². The number of rotatable bonds is 8. The molecule has 1 spiro atoms. The number of hydrogen-bond donors (Lipinski definition) is 1. The minimum atomic E-state index is -4.71. The van der Waals surface area contributed by atoms with Crippen molar-refractivity contribution in [1.29, 1.82) is 0 Å². The molecule has 3 aliphatic rings. The second kappa shape index (κ2) is 12.4. The molecule has 7 nitrogen and oxygen atoms in total. The van der Waals surface area contributed by atoms with E-state index in [1.807, 2.05) is 47.5 Å². The molecule has 3 heterocycles. The fourth-order valence-corrected chi connectivity index (χ4v) is 7.24. The van der Waals surface area contributed by atoms with Crippen molar-refractivity contribution < 1.29 is 30.7 Å². The van der Waals surface area contributed by atoms with Gasteiger partial charge in [-0.3, -0.25) is 4.90 Å². The van der Waals surface area contributed by atoms with Crippen molar-refractivity contribution in [2.24, 2.45) is 5.73 Å². The first-order valence-electron chi connectivity index (χ1n) is 15.1. The average molecular weight is 657 g/mol. The Labute approximate surface area is 266 Å². The van der Waals surface area contributed by atoms with E-state index in [9.17, 15) is 21.6 Å². The van der Waals surface area contributed by atoms with E-state index >= 15 is 4.39 Å². The number of hydrogen-bond acceptors (Lipinski definition) is 7. The molecular formula is C34H36F4N4O3S. The first-order valence-corrected chi connectivity index (χ1v) is 17.0. The van der Waals surface area contributed by atoms with Crippen LogP contribution in [0.2, 0.25) is 0 Å². The quantitative estimate of drug-likeness (QED) is 0.307. The first-order chi connectivity index (χ1) is 21.8. The molecule has 1 saturated heterocycles. The summed E-state index contributed by atoms with van der Waals surface area (Å²) in [4.78, 5) is 6.21. The van der Waals surface area contributed by atoms with E-state index in [4.69, 9.17) is 10.5 Å². The fraction of sp³-hybridized carbons (Fsp3) is 0.353. The molecular weight excluding hydrogens is 620 g/mol. The highest BCUT2D eigenvalue weighted by molar-refractivity contribution is 7.90. The molecule has 0 aromatic heterocycles. The van der Waals surface area contributed by atoms with Crippen LogP contribution in [0, 0.1) is 5.82 Å². The Bertz CT molecular complexity index is 1750. The van der Waals surface area contributed by atoms with Gasteiger partial charge in [0.2, 0.25) is 0 Å². The SMILES string of the molecule is CS(=O)(=O)c1cccc(CN2CCC3(CC2)OC=C2C3=CN(C[C@H](N)c3ccccc3)CN2Cc2c(F)cccc2C(F)(F)F)c1. The summed E-state index contributed by atoms with van der Waals surface area (Å²) in [7, 11) is -3.33. The summed E-state index contributed by atoms with van der Waals surface area (Å²) in [6.07, 6.45) is 1.27. The molecule has 2 N–H and O–H groups in total. The van der Waals surface area contributed by atoms with E-state index in [-0.39, 0.29) is 24.2 Å². The van der Waals surface area contributed by atoms with Crippen LogP contribution >= 0.6 is 0 Å². The number of fused-ring (bicyclic) bond motifs is 2. The van der Waals surface area contributed by atoms with Crippen LogP contribution in [-0.4, -0.2) is 61.3 Å². The summed E-state index contributed by atoms with van der Waals surface area (Å²) in [6, 6.07) is 19.2. The monoisotopic (exact) mass is 656 g/mol. The topological polar surface area (TPSA) is 79.1 Å². The molecule has 0 saturated carbocycles. The number of nitrogens with zero attached hydrogens (tertiary/aromatic N) is 3. The molecule has 0 amide bonds. The molecule has 1 fully saturated rings. The molecule has 3 aromatic rings. The lowest BCUT2D eigenvalue weighted by atomic mass is 9.83. The minimum absolute atomic E-state index is 0.198. The summed E-state index contributed by atoms with van der Waals surface area (Å²) >= 11 is 0. The van der Waals surface area contributed by atoms with E-state index in [1.165, 1.54) is 6.26 Å². The van der Waals surface area contributed by atoms with E-state index in [0.29, 0.717) is 44.7 Å². The highest BCUT2D eigenvalue weighted by Crippen LogP contribution is 2.46. The van der Waals surface area contributed by atoms with Gasteiger partial charge in [0.1, 0.15) is 17.7 Å². The van der Waals surface area contributed by atoms with Crippen molar-refractivity contribution >= 4 is 9.84 Å². The fourth-order valence-electron chi connectivity index (χ4n) is 6.55. The molecule has 46 heavy (non-hydrogen) atoms. The van der Waals surface area contributed by atoms with Crippen molar-refractivity contribution in [3.63, 3.8) is 0 Å². The smallest absolute Gasteiger partial charge is 0.416 e. The van der Waals surface area contributed by atoms with Crippen molar-refractivity contribution in [1.82, 2.24) is 14.7 Å². The Balaban J connectivity index is 1.25. The van der Waals surface area contributed by atoms with Gasteiger partial charge in [-0.25, -0.2) is 12.8 Å². The van der Waals surface area contributed by atoms with Crippen LogP contribution in [-0.2, 0) is 33.8 Å². The number of sulfone groups is 1. The van der Waals surface area contributed by atoms with E-state index in [0.717, 1.165) is 34.9 Å². The minimum Gasteiger partial charge on any atom is -0.488 e. The maximum absolute atomic E-state index is 15.0. The summed E-state index contributed by atoms with van der Waals surface area (Å²) in [5.41, 5.74) is 7.73. The molecule has 244 valence electrons. The second-order valence-electron chi connectivity index (χ2n) is 12.2. The third kappa shape index (κ3) is 6.65. The Hall–Kier alpha value is -3.87. The highest BCUT2D eigenvalue weighted by Gasteiger charge is 2.48. The number of halogens is 4. The van der Waals surface area contributed by atoms with Gasteiger partial charge in [0.15, 0.2) is 9.84 Å². The van der Waals surface area contributed by atoms with Gasteiger partial charge in [-0.05, 0) is 35.4 Å². The molecule has 3 aliphatic heterocycles. The van der Waals surface area contributed by atoms with Crippen LogP contribution in [0.25, 0.3) is 0 Å². The van der Waals surface area contributed by atoms with Crippen molar-refractivity contribution in [3.8, 4) is 0 Å². The molecule has 6 rings (SSSR count). The van der Waals surface area contributed by atoms with Crippen LogP contribution < -0.4 is 5.73 Å². The van der Waals surface area contributed by atoms with Gasteiger partial charge in [0, 0.05) is 75.2 Å². The lowest BCUT2D eigenvalue weighted by molar-refractivity contribution is -0.138. The van der Waals surface area contributed by atoms with Crippen LogP contribution in [0.5, 0.6) is 0 Å².